The molecule has 0 radical (unpaired) electrons. The van der Waals surface area contributed by atoms with E-state index in [4.69, 9.17) is 0 Å². The average molecular weight is 636 g/mol. The Hall–Kier alpha value is -4.60. The molecule has 10 heteroatoms. The minimum Gasteiger partial charge on any atom is -0.343 e. The molecule has 0 bridgehead atoms. The van der Waals surface area contributed by atoms with Crippen LogP contribution >= 0.6 is 0 Å². The van der Waals surface area contributed by atoms with Crippen molar-refractivity contribution in [2.24, 2.45) is 5.92 Å². The largest absolute Gasteiger partial charge is 0.405 e. The monoisotopic (exact) mass is 635 g/mol. The van der Waals surface area contributed by atoms with Crippen LogP contribution in [0.25, 0.3) is 16.5 Å². The van der Waals surface area contributed by atoms with Crippen molar-refractivity contribution >= 4 is 28.2 Å². The van der Waals surface area contributed by atoms with Crippen molar-refractivity contribution in [2.45, 2.75) is 57.2 Å². The van der Waals surface area contributed by atoms with Gasteiger partial charge < -0.3 is 5.32 Å². The molecule has 46 heavy (non-hydrogen) atoms. The number of allylic oxidation sites excluding steroid dienone is 9. The number of aromatic nitrogens is 2. The van der Waals surface area contributed by atoms with Gasteiger partial charge in [-0.3, -0.25) is 14.3 Å². The maximum absolute atomic E-state index is 14.0. The van der Waals surface area contributed by atoms with Crippen LogP contribution in [0.3, 0.4) is 0 Å². The topological polar surface area (TPSA) is 64.0 Å². The van der Waals surface area contributed by atoms with E-state index in [1.165, 1.54) is 24.3 Å². The fourth-order valence-electron chi connectivity index (χ4n) is 5.74. The number of benzene rings is 2. The SMILES string of the molecule is C=CC(F)(F)C1=CC=C(c2ccc(C(=O)C3=CCCCC(Cn4cc5cc(C(=O)NCC(F)(F)F)ccc5n4)CC3)cc2)CC=C1. The molecule has 0 aliphatic heterocycles. The van der Waals surface area contributed by atoms with Crippen molar-refractivity contribution in [3.63, 3.8) is 0 Å². The van der Waals surface area contributed by atoms with Crippen molar-refractivity contribution in [3.8, 4) is 0 Å². The predicted molar refractivity (Wildman–Crippen MR) is 169 cm³/mol. The number of Topliss-reactive ketones (excluding diaryl/α,β-unsaturated/α-hetero) is 1. The Morgan fingerprint density at radius 2 is 1.78 bits per heavy atom. The molecule has 2 aromatic carbocycles. The molecule has 1 amide bonds. The third-order valence-corrected chi connectivity index (χ3v) is 8.29. The Labute approximate surface area is 263 Å². The highest BCUT2D eigenvalue weighted by Gasteiger charge is 2.29. The number of hydrogen-bond donors (Lipinski definition) is 1. The second kappa shape index (κ2) is 13.8. The number of carbonyl (C=O) groups excluding carboxylic acids is 2. The zero-order chi connectivity index (χ0) is 32.9. The van der Waals surface area contributed by atoms with Crippen LogP contribution in [0, 0.1) is 5.92 Å². The minimum absolute atomic E-state index is 0.0316. The van der Waals surface area contributed by atoms with Gasteiger partial charge in [-0.25, -0.2) is 0 Å². The third-order valence-electron chi connectivity index (χ3n) is 8.29. The standard InChI is InChI=1S/C36H34F5N3O2/c1-2-35(37,38)31-9-5-8-25(16-18-31)26-12-14-28(15-13-26)33(45)27-7-4-3-6-24(10-11-27)21-44-22-30-20-29(17-19-32(30)43-44)34(46)42-23-36(39,40)41/h2,5,7,9,12-20,22,24H,1,3-4,6,8,10-11,21,23H2,(H,42,46). The number of fused-ring (bicyclic) bond motifs is 1. The van der Waals surface area contributed by atoms with Gasteiger partial charge in [0.15, 0.2) is 5.78 Å². The van der Waals surface area contributed by atoms with E-state index >= 15 is 0 Å². The Balaban J connectivity index is 1.21. The lowest BCUT2D eigenvalue weighted by Crippen LogP contribution is -2.33. The van der Waals surface area contributed by atoms with Crippen molar-refractivity contribution in [1.82, 2.24) is 15.1 Å². The maximum Gasteiger partial charge on any atom is 0.405 e. The quantitative estimate of drug-likeness (QED) is 0.145. The lowest BCUT2D eigenvalue weighted by Gasteiger charge is -2.20. The third kappa shape index (κ3) is 8.16. The second-order valence-corrected chi connectivity index (χ2v) is 11.6. The molecule has 2 aliphatic rings. The fourth-order valence-corrected chi connectivity index (χ4v) is 5.74. The van der Waals surface area contributed by atoms with Crippen LogP contribution in [0.5, 0.6) is 0 Å². The van der Waals surface area contributed by atoms with Crippen LogP contribution in [0.4, 0.5) is 22.0 Å². The Morgan fingerprint density at radius 1 is 1.02 bits per heavy atom. The first-order valence-corrected chi connectivity index (χ1v) is 15.2. The van der Waals surface area contributed by atoms with E-state index in [1.807, 2.05) is 23.5 Å². The zero-order valence-electron chi connectivity index (χ0n) is 25.1. The van der Waals surface area contributed by atoms with Gasteiger partial charge in [-0.15, -0.1) is 0 Å². The molecule has 2 aliphatic carbocycles. The van der Waals surface area contributed by atoms with Gasteiger partial charge >= 0.3 is 6.18 Å². The van der Waals surface area contributed by atoms with Gasteiger partial charge in [-0.2, -0.15) is 27.1 Å². The van der Waals surface area contributed by atoms with E-state index in [2.05, 4.69) is 11.7 Å². The highest BCUT2D eigenvalue weighted by atomic mass is 19.4. The Morgan fingerprint density at radius 3 is 2.52 bits per heavy atom. The van der Waals surface area contributed by atoms with E-state index in [1.54, 1.807) is 41.2 Å². The smallest absolute Gasteiger partial charge is 0.343 e. The molecule has 3 aromatic rings. The number of nitrogens with zero attached hydrogens (tertiary/aromatic N) is 2. The summed E-state index contributed by atoms with van der Waals surface area (Å²) in [6.45, 7) is 2.43. The van der Waals surface area contributed by atoms with Crippen molar-refractivity contribution < 1.29 is 31.5 Å². The van der Waals surface area contributed by atoms with Gasteiger partial charge in [0.05, 0.1) is 5.52 Å². The molecule has 1 unspecified atom stereocenters. The number of nitrogens with one attached hydrogen (secondary N) is 1. The number of hydrogen-bond acceptors (Lipinski definition) is 3. The minimum atomic E-state index is -4.49. The van der Waals surface area contributed by atoms with Crippen LogP contribution in [0.2, 0.25) is 0 Å². The summed E-state index contributed by atoms with van der Waals surface area (Å²) >= 11 is 0. The van der Waals surface area contributed by atoms with Gasteiger partial charge in [0.1, 0.15) is 6.54 Å². The second-order valence-electron chi connectivity index (χ2n) is 11.6. The van der Waals surface area contributed by atoms with Crippen molar-refractivity contribution in [2.75, 3.05) is 6.54 Å². The molecular weight excluding hydrogens is 601 g/mol. The fraction of sp³-hybridized carbons (Fsp3) is 0.306. The van der Waals surface area contributed by atoms with Crippen LogP contribution in [-0.4, -0.2) is 40.1 Å². The van der Waals surface area contributed by atoms with E-state index in [-0.39, 0.29) is 22.8 Å². The Kier molecular flexibility index (Phi) is 9.84. The number of rotatable bonds is 9. The number of alkyl halides is 5. The van der Waals surface area contributed by atoms with Crippen LogP contribution in [0.15, 0.2) is 103 Å². The summed E-state index contributed by atoms with van der Waals surface area (Å²) in [5, 5.41) is 7.13. The highest BCUT2D eigenvalue weighted by molar-refractivity contribution is 6.08. The van der Waals surface area contributed by atoms with E-state index in [0.717, 1.165) is 42.4 Å². The first-order chi connectivity index (χ1) is 21.9. The van der Waals surface area contributed by atoms with Crippen LogP contribution in [0.1, 0.15) is 64.8 Å². The molecule has 1 N–H and O–H groups in total. The number of halogens is 5. The lowest BCUT2D eigenvalue weighted by atomic mass is 9.88. The van der Waals surface area contributed by atoms with E-state index in [9.17, 15) is 31.5 Å². The van der Waals surface area contributed by atoms with Crippen LogP contribution < -0.4 is 5.32 Å². The van der Waals surface area contributed by atoms with Crippen molar-refractivity contribution in [3.05, 3.63) is 120 Å². The first-order valence-electron chi connectivity index (χ1n) is 15.2. The summed E-state index contributed by atoms with van der Waals surface area (Å²) in [5.41, 5.74) is 3.69. The molecule has 5 nitrogen and oxygen atoms in total. The molecule has 1 aromatic heterocycles. The summed E-state index contributed by atoms with van der Waals surface area (Å²) in [5.74, 6) is -3.68. The highest BCUT2D eigenvalue weighted by Crippen LogP contribution is 2.31. The van der Waals surface area contributed by atoms with Gasteiger partial charge in [-0.1, -0.05) is 61.2 Å². The summed E-state index contributed by atoms with van der Waals surface area (Å²) in [7, 11) is 0. The summed E-state index contributed by atoms with van der Waals surface area (Å²) in [6, 6.07) is 11.9. The van der Waals surface area contributed by atoms with E-state index < -0.39 is 24.6 Å². The first kappa shape index (κ1) is 32.8. The summed E-state index contributed by atoms with van der Waals surface area (Å²) in [6.07, 6.45) is 10.6. The summed E-state index contributed by atoms with van der Waals surface area (Å²) in [4.78, 5) is 25.6. The van der Waals surface area contributed by atoms with Gasteiger partial charge in [0, 0.05) is 34.8 Å². The molecule has 1 heterocycles. The molecule has 0 fully saturated rings. The average Bonchev–Trinajstić information content (AvgIpc) is 3.24. The lowest BCUT2D eigenvalue weighted by molar-refractivity contribution is -0.123. The maximum atomic E-state index is 14.0. The molecule has 240 valence electrons. The molecule has 0 saturated heterocycles. The zero-order valence-corrected chi connectivity index (χ0v) is 25.1. The number of carbonyl (C=O) groups is 2. The Bertz CT molecular complexity index is 1740. The van der Waals surface area contributed by atoms with Gasteiger partial charge in [0.25, 0.3) is 11.8 Å². The van der Waals surface area contributed by atoms with Gasteiger partial charge in [-0.05, 0) is 85.4 Å². The molecule has 0 saturated carbocycles. The molecule has 1 atom stereocenters. The normalized spacial score (nSPS) is 17.7. The molecular formula is C36H34F5N3O2. The number of ketones is 1. The van der Waals surface area contributed by atoms with E-state index in [0.29, 0.717) is 41.9 Å². The van der Waals surface area contributed by atoms with Crippen molar-refractivity contribution in [1.29, 1.82) is 0 Å². The molecule has 0 spiro atoms. The summed E-state index contributed by atoms with van der Waals surface area (Å²) < 4.78 is 67.3. The van der Waals surface area contributed by atoms with Gasteiger partial charge in [0.2, 0.25) is 0 Å². The predicted octanol–water partition coefficient (Wildman–Crippen LogP) is 8.81. The number of amides is 1. The molecule has 5 rings (SSSR count). The van der Waals surface area contributed by atoms with Crippen LogP contribution in [-0.2, 0) is 6.54 Å².